The Bertz CT molecular complexity index is 712. The highest BCUT2D eigenvalue weighted by Gasteiger charge is 2.16. The van der Waals surface area contributed by atoms with Crippen LogP contribution in [0.25, 0.3) is 10.9 Å². The summed E-state index contributed by atoms with van der Waals surface area (Å²) in [6.45, 7) is 3.97. The third-order valence-corrected chi connectivity index (χ3v) is 3.73. The number of aromatic nitrogens is 1. The topological polar surface area (TPSA) is 15.8 Å². The van der Waals surface area contributed by atoms with Gasteiger partial charge in [-0.05, 0) is 23.3 Å². The summed E-state index contributed by atoms with van der Waals surface area (Å²) in [4.78, 5) is 3.28. The number of halogens is 1. The van der Waals surface area contributed by atoms with Gasteiger partial charge in [-0.25, -0.2) is 0 Å². The molecule has 2 heteroatoms. The predicted octanol–water partition coefficient (Wildman–Crippen LogP) is 5.14. The summed E-state index contributed by atoms with van der Waals surface area (Å²) in [7, 11) is 0. The summed E-state index contributed by atoms with van der Waals surface area (Å²) in [6, 6.07) is 16.2. The van der Waals surface area contributed by atoms with Gasteiger partial charge in [0.05, 0.1) is 5.02 Å². The molecule has 1 aromatic heterocycles. The molecule has 0 aliphatic carbocycles. The van der Waals surface area contributed by atoms with E-state index < -0.39 is 0 Å². The monoisotopic (exact) mass is 267 g/mol. The lowest BCUT2D eigenvalue weighted by molar-refractivity contribution is 1.04. The van der Waals surface area contributed by atoms with Gasteiger partial charge in [-0.2, -0.15) is 0 Å². The third-order valence-electron chi connectivity index (χ3n) is 3.41. The first kappa shape index (κ1) is 12.1. The fourth-order valence-corrected chi connectivity index (χ4v) is 2.80. The average Bonchev–Trinajstić information content (AvgIpc) is 2.86. The Morgan fingerprint density at radius 2 is 1.84 bits per heavy atom. The van der Waals surface area contributed by atoms with E-state index in [1.807, 2.05) is 48.7 Å². The minimum absolute atomic E-state index is 0.148. The highest BCUT2D eigenvalue weighted by molar-refractivity contribution is 6.35. The Morgan fingerprint density at radius 3 is 2.58 bits per heavy atom. The zero-order chi connectivity index (χ0) is 13.2. The number of benzene rings is 2. The molecule has 0 unspecified atom stereocenters. The summed E-state index contributed by atoms with van der Waals surface area (Å²) in [5, 5.41) is 1.86. The number of aromatic amines is 1. The van der Waals surface area contributed by atoms with Gasteiger partial charge in [0.15, 0.2) is 0 Å². The van der Waals surface area contributed by atoms with Crippen molar-refractivity contribution in [3.8, 4) is 0 Å². The van der Waals surface area contributed by atoms with E-state index in [1.165, 1.54) is 11.1 Å². The van der Waals surface area contributed by atoms with E-state index in [0.717, 1.165) is 15.9 Å². The van der Waals surface area contributed by atoms with Crippen LogP contribution in [0.15, 0.2) is 67.4 Å². The Balaban J connectivity index is 2.20. The molecule has 1 nitrogen and oxygen atoms in total. The van der Waals surface area contributed by atoms with Crippen LogP contribution < -0.4 is 0 Å². The van der Waals surface area contributed by atoms with Crippen molar-refractivity contribution in [2.24, 2.45) is 0 Å². The maximum Gasteiger partial charge on any atom is 0.0502 e. The third kappa shape index (κ3) is 2.06. The predicted molar refractivity (Wildman–Crippen MR) is 81.8 cm³/mol. The van der Waals surface area contributed by atoms with E-state index in [2.05, 4.69) is 23.7 Å². The molecule has 0 aliphatic rings. The van der Waals surface area contributed by atoms with E-state index in [-0.39, 0.29) is 5.92 Å². The average molecular weight is 268 g/mol. The molecule has 2 aromatic carbocycles. The summed E-state index contributed by atoms with van der Waals surface area (Å²) < 4.78 is 0. The molecule has 0 aliphatic heterocycles. The van der Waals surface area contributed by atoms with Gasteiger partial charge in [-0.15, -0.1) is 6.58 Å². The molecule has 0 amide bonds. The molecular weight excluding hydrogens is 254 g/mol. The van der Waals surface area contributed by atoms with Crippen LogP contribution >= 0.6 is 11.6 Å². The van der Waals surface area contributed by atoms with Crippen molar-refractivity contribution in [3.05, 3.63) is 83.5 Å². The van der Waals surface area contributed by atoms with Crippen LogP contribution in [0, 0.1) is 0 Å². The zero-order valence-electron chi connectivity index (χ0n) is 10.4. The van der Waals surface area contributed by atoms with Crippen LogP contribution in [0.2, 0.25) is 5.02 Å². The normalized spacial score (nSPS) is 12.5. The number of allylic oxidation sites excluding steroid dienone is 1. The zero-order valence-corrected chi connectivity index (χ0v) is 11.2. The van der Waals surface area contributed by atoms with Crippen LogP contribution in [-0.4, -0.2) is 4.98 Å². The van der Waals surface area contributed by atoms with E-state index in [4.69, 9.17) is 11.6 Å². The smallest absolute Gasteiger partial charge is 0.0502 e. The Hall–Kier alpha value is -1.99. The van der Waals surface area contributed by atoms with E-state index in [1.54, 1.807) is 0 Å². The molecule has 3 rings (SSSR count). The Labute approximate surface area is 117 Å². The minimum Gasteiger partial charge on any atom is -0.361 e. The molecule has 1 heterocycles. The summed E-state index contributed by atoms with van der Waals surface area (Å²) in [6.07, 6.45) is 3.98. The lowest BCUT2D eigenvalue weighted by Gasteiger charge is -2.12. The first-order valence-corrected chi connectivity index (χ1v) is 6.62. The number of rotatable bonds is 3. The molecule has 0 saturated heterocycles. The second-order valence-electron chi connectivity index (χ2n) is 4.53. The van der Waals surface area contributed by atoms with E-state index in [9.17, 15) is 0 Å². The largest absolute Gasteiger partial charge is 0.361 e. The van der Waals surface area contributed by atoms with Gasteiger partial charge in [0, 0.05) is 23.0 Å². The Kier molecular flexibility index (Phi) is 3.14. The van der Waals surface area contributed by atoms with Crippen molar-refractivity contribution in [3.63, 3.8) is 0 Å². The molecule has 1 N–H and O–H groups in total. The van der Waals surface area contributed by atoms with E-state index in [0.29, 0.717) is 0 Å². The van der Waals surface area contributed by atoms with Crippen LogP contribution in [0.5, 0.6) is 0 Å². The van der Waals surface area contributed by atoms with Gasteiger partial charge in [0.2, 0.25) is 0 Å². The van der Waals surface area contributed by atoms with Crippen LogP contribution in [-0.2, 0) is 0 Å². The van der Waals surface area contributed by atoms with Crippen LogP contribution in [0.3, 0.4) is 0 Å². The molecular formula is C17H14ClN. The molecule has 0 bridgehead atoms. The lowest BCUT2D eigenvalue weighted by atomic mass is 9.91. The number of hydrogen-bond acceptors (Lipinski definition) is 0. The molecule has 3 aromatic rings. The standard InChI is InChI=1S/C17H14ClN/c1-2-13(12-7-4-3-5-8-12)14-11-19-16-10-6-9-15(18)17(14)16/h2-11,13,19H,1H2/t13-/m0/s1. The fraction of sp³-hybridized carbons (Fsp3) is 0.0588. The summed E-state index contributed by atoms with van der Waals surface area (Å²) in [5.41, 5.74) is 3.45. The van der Waals surface area contributed by atoms with Crippen molar-refractivity contribution < 1.29 is 0 Å². The van der Waals surface area contributed by atoms with Crippen LogP contribution in [0.4, 0.5) is 0 Å². The fourth-order valence-electron chi connectivity index (χ4n) is 2.51. The maximum absolute atomic E-state index is 6.34. The molecule has 94 valence electrons. The van der Waals surface area contributed by atoms with Gasteiger partial charge < -0.3 is 4.98 Å². The minimum atomic E-state index is 0.148. The summed E-state index contributed by atoms with van der Waals surface area (Å²) in [5.74, 6) is 0.148. The highest BCUT2D eigenvalue weighted by atomic mass is 35.5. The Morgan fingerprint density at radius 1 is 1.05 bits per heavy atom. The summed E-state index contributed by atoms with van der Waals surface area (Å²) >= 11 is 6.34. The highest BCUT2D eigenvalue weighted by Crippen LogP contribution is 2.35. The van der Waals surface area contributed by atoms with Crippen LogP contribution in [0.1, 0.15) is 17.0 Å². The first-order valence-electron chi connectivity index (χ1n) is 6.24. The van der Waals surface area contributed by atoms with E-state index >= 15 is 0 Å². The molecule has 0 radical (unpaired) electrons. The number of fused-ring (bicyclic) bond motifs is 1. The quantitative estimate of drug-likeness (QED) is 0.633. The molecule has 0 fully saturated rings. The van der Waals surface area contributed by atoms with Crippen molar-refractivity contribution in [2.75, 3.05) is 0 Å². The van der Waals surface area contributed by atoms with Gasteiger partial charge in [0.1, 0.15) is 0 Å². The number of H-pyrrole nitrogens is 1. The first-order chi connectivity index (χ1) is 9.31. The molecule has 1 atom stereocenters. The van der Waals surface area contributed by atoms with Gasteiger partial charge in [0.25, 0.3) is 0 Å². The molecule has 19 heavy (non-hydrogen) atoms. The number of nitrogens with one attached hydrogen (secondary N) is 1. The van der Waals surface area contributed by atoms with Crippen molar-refractivity contribution >= 4 is 22.5 Å². The molecule has 0 spiro atoms. The maximum atomic E-state index is 6.34. The molecule has 0 saturated carbocycles. The second kappa shape index (κ2) is 4.94. The SMILES string of the molecule is C=C[C@@H](c1ccccc1)c1c[nH]c2cccc(Cl)c12. The second-order valence-corrected chi connectivity index (χ2v) is 4.94. The van der Waals surface area contributed by atoms with Gasteiger partial charge in [-0.1, -0.05) is 54.1 Å². The number of hydrogen-bond donors (Lipinski definition) is 1. The van der Waals surface area contributed by atoms with Crippen molar-refractivity contribution in [1.82, 2.24) is 4.98 Å². The van der Waals surface area contributed by atoms with Gasteiger partial charge >= 0.3 is 0 Å². The van der Waals surface area contributed by atoms with Crippen molar-refractivity contribution in [1.29, 1.82) is 0 Å². The van der Waals surface area contributed by atoms with Gasteiger partial charge in [-0.3, -0.25) is 0 Å². The lowest BCUT2D eigenvalue weighted by Crippen LogP contribution is -1.96. The van der Waals surface area contributed by atoms with Crippen molar-refractivity contribution in [2.45, 2.75) is 5.92 Å².